The van der Waals surface area contributed by atoms with Crippen LogP contribution < -0.4 is 41.4 Å². The molecule has 0 radical (unpaired) electrons. The number of anilines is 2. The zero-order chi connectivity index (χ0) is 68.9. The summed E-state index contributed by atoms with van der Waals surface area (Å²) in [6.45, 7) is 7.69. The fourth-order valence-corrected chi connectivity index (χ4v) is 11.7. The van der Waals surface area contributed by atoms with Gasteiger partial charge in [-0.3, -0.25) is 9.59 Å². The zero-order valence-electron chi connectivity index (χ0n) is 53.8. The van der Waals surface area contributed by atoms with E-state index in [9.17, 15) is 45.5 Å². The highest BCUT2D eigenvalue weighted by atomic mass is 19.4. The van der Waals surface area contributed by atoms with E-state index in [2.05, 4.69) is 31.9 Å². The Morgan fingerprint density at radius 1 is 0.594 bits per heavy atom. The lowest BCUT2D eigenvalue weighted by atomic mass is 9.82. The molecule has 26 heteroatoms. The molecule has 6 amide bonds. The van der Waals surface area contributed by atoms with Gasteiger partial charge in [-0.2, -0.15) is 26.3 Å². The predicted molar refractivity (Wildman–Crippen MR) is 341 cm³/mol. The minimum Gasteiger partial charge on any atom is -0.497 e. The zero-order valence-corrected chi connectivity index (χ0v) is 53.8. The molecule has 2 fully saturated rings. The number of ether oxygens (including phenoxy) is 9. The summed E-state index contributed by atoms with van der Waals surface area (Å²) in [6, 6.07) is 29.6. The molecule has 2 heterocycles. The number of alkyl carbamates (subject to hydrolysis) is 1. The molecule has 2 saturated heterocycles. The third-order valence-corrected chi connectivity index (χ3v) is 16.8. The Labute approximate surface area is 551 Å². The molecule has 5 unspecified atom stereocenters. The van der Waals surface area contributed by atoms with Crippen LogP contribution in [0.15, 0.2) is 146 Å². The van der Waals surface area contributed by atoms with Crippen molar-refractivity contribution in [2.75, 3.05) is 51.3 Å². The molecule has 514 valence electrons. The van der Waals surface area contributed by atoms with Crippen molar-refractivity contribution in [3.05, 3.63) is 179 Å². The van der Waals surface area contributed by atoms with E-state index in [1.54, 1.807) is 64.1 Å². The molecule has 0 spiro atoms. The molecule has 0 saturated carbocycles. The van der Waals surface area contributed by atoms with Crippen LogP contribution in [0.25, 0.3) is 11.1 Å². The van der Waals surface area contributed by atoms with E-state index >= 15 is 4.79 Å². The fraction of sp³-hybridized carbons (Fsp3) is 0.414. The van der Waals surface area contributed by atoms with E-state index in [0.717, 1.165) is 64.2 Å². The molecular formula is C70H78F6N6O14. The Kier molecular flexibility index (Phi) is 23.6. The number of fused-ring (bicyclic) bond motifs is 3. The molecule has 6 N–H and O–H groups in total. The second-order valence-corrected chi connectivity index (χ2v) is 24.6. The first-order chi connectivity index (χ1) is 45.7. The maximum Gasteiger partial charge on any atom is 0.416 e. The van der Waals surface area contributed by atoms with Gasteiger partial charge in [0.05, 0.1) is 82.6 Å². The average molecular weight is 1340 g/mol. The van der Waals surface area contributed by atoms with Gasteiger partial charge >= 0.3 is 36.5 Å². The Morgan fingerprint density at radius 3 is 1.64 bits per heavy atom. The number of halogens is 6. The number of esters is 1. The lowest BCUT2D eigenvalue weighted by Crippen LogP contribution is -2.69. The predicted octanol–water partition coefficient (Wildman–Crippen LogP) is 12.2. The average Bonchev–Trinajstić information content (AvgIpc) is 1.53. The van der Waals surface area contributed by atoms with Crippen molar-refractivity contribution in [3.63, 3.8) is 0 Å². The van der Waals surface area contributed by atoms with Gasteiger partial charge in [-0.25, -0.2) is 14.4 Å². The number of hydrogen-bond donors (Lipinski definition) is 6. The highest BCUT2D eigenvalue weighted by molar-refractivity contribution is 5.91. The Hall–Kier alpha value is -8.95. The van der Waals surface area contributed by atoms with Gasteiger partial charge in [-0.15, -0.1) is 0 Å². The third-order valence-electron chi connectivity index (χ3n) is 16.8. The van der Waals surface area contributed by atoms with Gasteiger partial charge in [-0.1, -0.05) is 98.8 Å². The molecule has 6 aromatic carbocycles. The maximum absolute atomic E-state index is 15.5. The van der Waals surface area contributed by atoms with Crippen molar-refractivity contribution >= 4 is 41.4 Å². The van der Waals surface area contributed by atoms with Gasteiger partial charge in [0.15, 0.2) is 6.29 Å². The lowest BCUT2D eigenvalue weighted by molar-refractivity contribution is -0.277. The van der Waals surface area contributed by atoms with Crippen LogP contribution in [0.4, 0.5) is 52.1 Å². The van der Waals surface area contributed by atoms with Crippen LogP contribution in [-0.2, 0) is 68.3 Å². The standard InChI is InChI=1S/C70H78F6N6O14/c1-40-41(2)60(82-66(86)78-47-17-13-15-45(33-47)70(74,75)76)64(94-57(40)38-90-34-42-22-26-48(88-6)27-23-42)95-62-56(79-65(85)77-46-16-12-14-44(32-46)69(71,72)73)37-92-58(39-91-35-43-24-28-49(89-7)29-25-43)61(62)81-63(84)55(30-31-59(83)96-68(3,4)5)80-67(87)93-36-54-52-20-10-8-18-50(52)51-19-9-11-21-53(51)54/h8-29,32-33,40-41,54-58,60-62,64H,30-31,34-39H2,1-7H3,(H,80,87)(H,81,84)(H2,77,79,85)(H2,78,82,86)/t40-,41+,55?,56?,57?,58?,60?,61+,62-,64+/m1/s1. The van der Waals surface area contributed by atoms with Crippen molar-refractivity contribution < 1.29 is 92.9 Å². The summed E-state index contributed by atoms with van der Waals surface area (Å²) in [7, 11) is 3.04. The number of alkyl halides is 6. The summed E-state index contributed by atoms with van der Waals surface area (Å²) in [5, 5.41) is 16.1. The van der Waals surface area contributed by atoms with Crippen LogP contribution in [0.3, 0.4) is 0 Å². The highest BCUT2D eigenvalue weighted by Crippen LogP contribution is 2.45. The van der Waals surface area contributed by atoms with Crippen molar-refractivity contribution in [2.24, 2.45) is 11.8 Å². The van der Waals surface area contributed by atoms with E-state index in [1.165, 1.54) is 26.4 Å². The first kappa shape index (κ1) is 71.3. The van der Waals surface area contributed by atoms with Gasteiger partial charge in [0.1, 0.15) is 42.0 Å². The van der Waals surface area contributed by atoms with Crippen LogP contribution in [-0.4, -0.2) is 125 Å². The van der Waals surface area contributed by atoms with E-state index in [0.29, 0.717) is 17.1 Å². The number of urea groups is 2. The number of carbonyl (C=O) groups excluding carboxylic acids is 5. The third kappa shape index (κ3) is 19.2. The maximum atomic E-state index is 15.5. The Morgan fingerprint density at radius 2 is 1.11 bits per heavy atom. The second-order valence-electron chi connectivity index (χ2n) is 24.6. The summed E-state index contributed by atoms with van der Waals surface area (Å²) < 4.78 is 139. The van der Waals surface area contributed by atoms with Crippen LogP contribution in [0.2, 0.25) is 0 Å². The number of carbonyl (C=O) groups is 5. The van der Waals surface area contributed by atoms with Crippen LogP contribution in [0.5, 0.6) is 11.5 Å². The molecule has 9 rings (SSSR count). The number of methoxy groups -OCH3 is 2. The summed E-state index contributed by atoms with van der Waals surface area (Å²) in [5.74, 6) is -1.95. The van der Waals surface area contributed by atoms with Crippen LogP contribution in [0.1, 0.15) is 86.8 Å². The number of amides is 6. The van der Waals surface area contributed by atoms with Crippen LogP contribution >= 0.6 is 0 Å². The smallest absolute Gasteiger partial charge is 0.416 e. The molecule has 0 aromatic heterocycles. The first-order valence-corrected chi connectivity index (χ1v) is 31.2. The van der Waals surface area contributed by atoms with E-state index < -0.39 is 133 Å². The second kappa shape index (κ2) is 31.7. The highest BCUT2D eigenvalue weighted by Gasteiger charge is 2.50. The van der Waals surface area contributed by atoms with Gasteiger partial charge in [0, 0.05) is 23.7 Å². The monoisotopic (exact) mass is 1340 g/mol. The summed E-state index contributed by atoms with van der Waals surface area (Å²) >= 11 is 0. The molecule has 1 aliphatic carbocycles. The first-order valence-electron chi connectivity index (χ1n) is 31.2. The molecule has 2 aliphatic heterocycles. The molecule has 96 heavy (non-hydrogen) atoms. The van der Waals surface area contributed by atoms with Gasteiger partial charge < -0.3 is 74.5 Å². The summed E-state index contributed by atoms with van der Waals surface area (Å²) in [6.07, 6.45) is -16.6. The lowest BCUT2D eigenvalue weighted by Gasteiger charge is -2.49. The normalized spacial score (nSPS) is 21.3. The number of hydrogen-bond acceptors (Lipinski definition) is 14. The molecule has 20 nitrogen and oxygen atoms in total. The van der Waals surface area contributed by atoms with Gasteiger partial charge in [0.25, 0.3) is 0 Å². The molecular weight excluding hydrogens is 1260 g/mol. The number of nitrogens with one attached hydrogen (secondary N) is 6. The van der Waals surface area contributed by atoms with Gasteiger partial charge in [0.2, 0.25) is 5.91 Å². The van der Waals surface area contributed by atoms with E-state index in [-0.39, 0.29) is 56.7 Å². The summed E-state index contributed by atoms with van der Waals surface area (Å²) in [4.78, 5) is 71.7. The van der Waals surface area contributed by atoms with E-state index in [1.807, 2.05) is 67.6 Å². The SMILES string of the molecule is COc1ccc(COCC2O[C@@H](O[C@@H]3C(NC(=O)Nc4cccc(C(F)(F)F)c4)COC(COCc4ccc(OC)cc4)[C@@H]3NC(=O)C(CCC(=O)OC(C)(C)C)NC(=O)OCC3c4ccccc4-c4ccccc43)C(NC(=O)Nc3cccc(C(F)(F)F)c3)[C@@H](C)[C@H]2C)cc1. The topological polar surface area (TPSA) is 241 Å². The summed E-state index contributed by atoms with van der Waals surface area (Å²) in [5.41, 5.74) is 1.70. The largest absolute Gasteiger partial charge is 0.497 e. The fourth-order valence-electron chi connectivity index (χ4n) is 11.7. The number of benzene rings is 6. The van der Waals surface area contributed by atoms with Crippen molar-refractivity contribution in [3.8, 4) is 22.6 Å². The molecule has 3 aliphatic rings. The number of rotatable bonds is 24. The van der Waals surface area contributed by atoms with Gasteiger partial charge in [-0.05, 0) is 133 Å². The molecule has 10 atom stereocenters. The Balaban J connectivity index is 1.08. The van der Waals surface area contributed by atoms with Crippen molar-refractivity contribution in [1.29, 1.82) is 0 Å². The van der Waals surface area contributed by atoms with E-state index in [4.69, 9.17) is 42.6 Å². The Bertz CT molecular complexity index is 3590. The minimum absolute atomic E-state index is 0.0225. The van der Waals surface area contributed by atoms with Crippen molar-refractivity contribution in [1.82, 2.24) is 21.3 Å². The quantitative estimate of drug-likeness (QED) is 0.0244. The molecule has 0 bridgehead atoms. The van der Waals surface area contributed by atoms with Crippen LogP contribution in [0, 0.1) is 11.8 Å². The minimum atomic E-state index is -4.78. The molecule has 6 aromatic rings. The van der Waals surface area contributed by atoms with Crippen molar-refractivity contribution in [2.45, 2.75) is 133 Å².